The van der Waals surface area contributed by atoms with Gasteiger partial charge in [0.1, 0.15) is 41.7 Å². The van der Waals surface area contributed by atoms with Crippen LogP contribution >= 0.6 is 0 Å². The number of ether oxygens (including phenoxy) is 2. The molecule has 0 aliphatic carbocycles. The molecule has 3 heterocycles. The van der Waals surface area contributed by atoms with Crippen molar-refractivity contribution in [2.75, 3.05) is 38.3 Å². The smallest absolute Gasteiger partial charge is 0.349 e. The Labute approximate surface area is 284 Å². The summed E-state index contributed by atoms with van der Waals surface area (Å²) in [5.41, 5.74) is 7.36. The molecule has 3 aromatic carbocycles. The zero-order valence-corrected chi connectivity index (χ0v) is 27.6. The van der Waals surface area contributed by atoms with Crippen LogP contribution in [0.4, 0.5) is 11.4 Å². The molecular formula is C37H43N3O9. The lowest BCUT2D eigenvalue weighted by Crippen LogP contribution is -2.55. The lowest BCUT2D eigenvalue weighted by Gasteiger charge is -2.40. The summed E-state index contributed by atoms with van der Waals surface area (Å²) >= 11 is 0. The lowest BCUT2D eigenvalue weighted by atomic mass is 9.91. The Morgan fingerprint density at radius 2 is 1.65 bits per heavy atom. The van der Waals surface area contributed by atoms with Gasteiger partial charge in [-0.3, -0.25) is 9.80 Å². The number of carbonyl (C=O) groups excluding carboxylic acids is 1. The number of rotatable bonds is 11. The van der Waals surface area contributed by atoms with Gasteiger partial charge in [0.05, 0.1) is 12.7 Å². The van der Waals surface area contributed by atoms with Gasteiger partial charge in [0.25, 0.3) is 5.91 Å². The highest BCUT2D eigenvalue weighted by Gasteiger charge is 2.44. The number of aliphatic hydroxyl groups is 4. The van der Waals surface area contributed by atoms with Gasteiger partial charge >= 0.3 is 5.63 Å². The van der Waals surface area contributed by atoms with E-state index in [-0.39, 0.29) is 23.8 Å². The van der Waals surface area contributed by atoms with Crippen molar-refractivity contribution in [3.63, 3.8) is 0 Å². The first-order valence-electron chi connectivity index (χ1n) is 16.6. The maximum absolute atomic E-state index is 13.4. The number of aryl methyl sites for hydroxylation is 2. The summed E-state index contributed by atoms with van der Waals surface area (Å²) in [5, 5.41) is 42.1. The summed E-state index contributed by atoms with van der Waals surface area (Å²) in [6, 6.07) is 23.1. The van der Waals surface area contributed by atoms with Crippen LogP contribution in [0.1, 0.15) is 46.5 Å². The molecule has 6 rings (SSSR count). The van der Waals surface area contributed by atoms with E-state index in [9.17, 15) is 30.0 Å². The molecule has 0 radical (unpaired) electrons. The largest absolute Gasteiger partial charge is 0.422 e. The number of nitrogens with zero attached hydrogens (tertiary/aromatic N) is 2. The summed E-state index contributed by atoms with van der Waals surface area (Å²) in [6.45, 7) is 2.83. The topological polar surface area (TPSA) is 165 Å². The van der Waals surface area contributed by atoms with E-state index in [0.29, 0.717) is 30.5 Å². The summed E-state index contributed by atoms with van der Waals surface area (Å²) < 4.78 is 17.3. The molecule has 2 aliphatic heterocycles. The Bertz CT molecular complexity index is 1780. The molecule has 4 aromatic rings. The summed E-state index contributed by atoms with van der Waals surface area (Å²) in [4.78, 5) is 28.7. The van der Waals surface area contributed by atoms with E-state index in [0.717, 1.165) is 12.8 Å². The number of hydrogen-bond acceptors (Lipinski definition) is 11. The van der Waals surface area contributed by atoms with Crippen molar-refractivity contribution in [2.24, 2.45) is 0 Å². The Balaban J connectivity index is 1.08. The predicted molar refractivity (Wildman–Crippen MR) is 183 cm³/mol. The first-order valence-corrected chi connectivity index (χ1v) is 16.6. The van der Waals surface area contributed by atoms with Crippen molar-refractivity contribution >= 4 is 28.3 Å². The molecule has 0 spiro atoms. The molecule has 1 amide bonds. The SMILES string of the molecule is CNN(CCCOC(C)CN1c2ccccc2CCc2ccccc21)C(=O)c1cc2ccc([C@@H]3O[C@H](CO)[C@H](O)[C@H](O)[C@H]3O)cc2oc1=O. The average Bonchev–Trinajstić information content (AvgIpc) is 3.27. The first kappa shape index (κ1) is 34.7. The van der Waals surface area contributed by atoms with Gasteiger partial charge in [-0.15, -0.1) is 0 Å². The van der Waals surface area contributed by atoms with E-state index in [1.165, 1.54) is 39.6 Å². The van der Waals surface area contributed by atoms with E-state index in [1.54, 1.807) is 19.2 Å². The first-order chi connectivity index (χ1) is 23.7. The van der Waals surface area contributed by atoms with Crippen LogP contribution in [0.2, 0.25) is 0 Å². The molecular weight excluding hydrogens is 630 g/mol. The van der Waals surface area contributed by atoms with E-state index in [1.807, 2.05) is 6.92 Å². The van der Waals surface area contributed by atoms with Crippen LogP contribution in [0.5, 0.6) is 0 Å². The monoisotopic (exact) mass is 673 g/mol. The summed E-state index contributed by atoms with van der Waals surface area (Å²) in [7, 11) is 1.60. The third-order valence-corrected chi connectivity index (χ3v) is 9.32. The number of aliphatic hydroxyl groups excluding tert-OH is 4. The Kier molecular flexibility index (Phi) is 10.8. The molecule has 1 saturated heterocycles. The molecule has 6 atom stereocenters. The molecule has 0 bridgehead atoms. The van der Waals surface area contributed by atoms with Crippen LogP contribution in [0.25, 0.3) is 11.0 Å². The highest BCUT2D eigenvalue weighted by molar-refractivity contribution is 5.96. The second kappa shape index (κ2) is 15.2. The third kappa shape index (κ3) is 7.26. The predicted octanol–water partition coefficient (Wildman–Crippen LogP) is 2.62. The van der Waals surface area contributed by atoms with Crippen LogP contribution in [0.15, 0.2) is 82.0 Å². The Morgan fingerprint density at radius 1 is 0.980 bits per heavy atom. The van der Waals surface area contributed by atoms with Gasteiger partial charge in [-0.25, -0.2) is 10.2 Å². The number of nitrogens with one attached hydrogen (secondary N) is 1. The van der Waals surface area contributed by atoms with Crippen molar-refractivity contribution in [1.29, 1.82) is 0 Å². The van der Waals surface area contributed by atoms with Gasteiger partial charge in [-0.1, -0.05) is 48.5 Å². The number of para-hydroxylation sites is 2. The van der Waals surface area contributed by atoms with Crippen molar-refractivity contribution in [1.82, 2.24) is 10.4 Å². The van der Waals surface area contributed by atoms with Gasteiger partial charge in [0.2, 0.25) is 0 Å². The highest BCUT2D eigenvalue weighted by Crippen LogP contribution is 2.36. The number of fused-ring (bicyclic) bond motifs is 3. The molecule has 12 nitrogen and oxygen atoms in total. The van der Waals surface area contributed by atoms with Crippen LogP contribution < -0.4 is 16.0 Å². The molecule has 12 heteroatoms. The van der Waals surface area contributed by atoms with Crippen molar-refractivity contribution in [2.45, 2.75) is 62.8 Å². The van der Waals surface area contributed by atoms with Crippen LogP contribution in [0.3, 0.4) is 0 Å². The zero-order chi connectivity index (χ0) is 34.7. The number of benzene rings is 3. The summed E-state index contributed by atoms with van der Waals surface area (Å²) in [6.07, 6.45) is -4.32. The van der Waals surface area contributed by atoms with Crippen LogP contribution in [-0.2, 0) is 22.3 Å². The molecule has 0 saturated carbocycles. The average molecular weight is 674 g/mol. The van der Waals surface area contributed by atoms with E-state index >= 15 is 0 Å². The Morgan fingerprint density at radius 3 is 2.31 bits per heavy atom. The third-order valence-electron chi connectivity index (χ3n) is 9.32. The number of hydrazine groups is 1. The van der Waals surface area contributed by atoms with Crippen LogP contribution in [-0.4, -0.2) is 95.2 Å². The van der Waals surface area contributed by atoms with Gasteiger partial charge < -0.3 is 39.2 Å². The fraction of sp³-hybridized carbons (Fsp3) is 0.405. The number of carbonyl (C=O) groups is 1. The number of hydrogen-bond donors (Lipinski definition) is 5. The minimum atomic E-state index is -1.55. The lowest BCUT2D eigenvalue weighted by molar-refractivity contribution is -0.231. The van der Waals surface area contributed by atoms with Crippen LogP contribution in [0, 0.1) is 0 Å². The molecule has 1 fully saturated rings. The normalized spacial score (nSPS) is 22.7. The van der Waals surface area contributed by atoms with Crippen molar-refractivity contribution < 1.29 is 39.1 Å². The van der Waals surface area contributed by atoms with Gasteiger partial charge in [-0.05, 0) is 67.1 Å². The van der Waals surface area contributed by atoms with Crippen molar-refractivity contribution in [3.05, 3.63) is 105 Å². The number of anilines is 2. The van der Waals surface area contributed by atoms with E-state index < -0.39 is 48.7 Å². The van der Waals surface area contributed by atoms with Gasteiger partial charge in [0.15, 0.2) is 0 Å². The number of amides is 1. The minimum Gasteiger partial charge on any atom is -0.422 e. The molecule has 5 N–H and O–H groups in total. The molecule has 1 unspecified atom stereocenters. The summed E-state index contributed by atoms with van der Waals surface area (Å²) in [5.74, 6) is -0.554. The van der Waals surface area contributed by atoms with E-state index in [2.05, 4.69) is 58.9 Å². The minimum absolute atomic E-state index is 0.0987. The molecule has 49 heavy (non-hydrogen) atoms. The maximum atomic E-state index is 13.4. The zero-order valence-electron chi connectivity index (χ0n) is 27.6. The second-order valence-corrected chi connectivity index (χ2v) is 12.6. The quantitative estimate of drug-likeness (QED) is 0.0903. The van der Waals surface area contributed by atoms with Crippen molar-refractivity contribution in [3.8, 4) is 0 Å². The standard InChI is InChI=1S/C37H43N3O9/c1-22(20-39-28-10-5-3-8-23(28)12-13-24-9-4-6-11-29(24)39)47-17-7-16-40(38-2)36(45)27-18-25-14-15-26(19-30(25)49-37(27)46)35-34(44)33(43)32(42)31(21-41)48-35/h3-6,8-11,14-15,18-19,22,31-35,38,41-44H,7,12-13,16-17,20-21H2,1-2H3/t22?,31-,32+,33+,34-,35+/m1/s1. The molecule has 260 valence electrons. The Hall–Kier alpha value is -4.14. The maximum Gasteiger partial charge on any atom is 0.349 e. The van der Waals surface area contributed by atoms with Gasteiger partial charge in [-0.2, -0.15) is 0 Å². The highest BCUT2D eigenvalue weighted by atomic mass is 16.5. The van der Waals surface area contributed by atoms with Gasteiger partial charge in [0, 0.05) is 43.5 Å². The fourth-order valence-corrected chi connectivity index (χ4v) is 6.68. The van der Waals surface area contributed by atoms with E-state index in [4.69, 9.17) is 13.9 Å². The second-order valence-electron chi connectivity index (χ2n) is 12.6. The molecule has 1 aromatic heterocycles. The molecule has 2 aliphatic rings. The fourth-order valence-electron chi connectivity index (χ4n) is 6.68.